The van der Waals surface area contributed by atoms with Gasteiger partial charge in [-0.3, -0.25) is 4.79 Å². The molecule has 0 saturated carbocycles. The van der Waals surface area contributed by atoms with Gasteiger partial charge < -0.3 is 14.8 Å². The number of nitrogens with one attached hydrogen (secondary N) is 1. The number of methoxy groups -OCH3 is 1. The van der Waals surface area contributed by atoms with Crippen molar-refractivity contribution >= 4 is 28.2 Å². The molecule has 0 bridgehead atoms. The number of Topliss-reactive ketones (excluding diaryl/α,β-unsaturated/α-hetero) is 1. The molecule has 0 spiro atoms. The lowest BCUT2D eigenvalue weighted by atomic mass is 10.3. The van der Waals surface area contributed by atoms with Crippen LogP contribution >= 0.6 is 11.3 Å². The molecule has 1 aromatic rings. The zero-order chi connectivity index (χ0) is 15.8. The van der Waals surface area contributed by atoms with Gasteiger partial charge in [0.1, 0.15) is 4.88 Å². The lowest BCUT2D eigenvalue weighted by molar-refractivity contribution is 0.0591. The summed E-state index contributed by atoms with van der Waals surface area (Å²) >= 11 is 1.18. The maximum atomic E-state index is 11.6. The van der Waals surface area contributed by atoms with Gasteiger partial charge in [0, 0.05) is 20.1 Å². The number of anilines is 1. The van der Waals surface area contributed by atoms with Crippen molar-refractivity contribution in [2.75, 3.05) is 25.6 Å². The Kier molecular flexibility index (Phi) is 7.31. The van der Waals surface area contributed by atoms with Crippen LogP contribution in [0, 0.1) is 0 Å². The highest BCUT2D eigenvalue weighted by Gasteiger charge is 2.21. The predicted molar refractivity (Wildman–Crippen MR) is 82.3 cm³/mol. The summed E-state index contributed by atoms with van der Waals surface area (Å²) in [5.74, 6) is -0.777. The first-order valence-corrected chi connectivity index (χ1v) is 7.73. The van der Waals surface area contributed by atoms with Crippen molar-refractivity contribution in [1.82, 2.24) is 4.98 Å². The van der Waals surface area contributed by atoms with E-state index in [1.807, 2.05) is 13.8 Å². The van der Waals surface area contributed by atoms with Gasteiger partial charge in [0.2, 0.25) is 0 Å². The van der Waals surface area contributed by atoms with E-state index in [1.54, 1.807) is 0 Å². The van der Waals surface area contributed by atoms with Crippen molar-refractivity contribution in [2.24, 2.45) is 0 Å². The van der Waals surface area contributed by atoms with Gasteiger partial charge in [0.05, 0.1) is 13.2 Å². The molecule has 21 heavy (non-hydrogen) atoms. The molecule has 0 saturated heterocycles. The molecule has 0 fully saturated rings. The van der Waals surface area contributed by atoms with Crippen LogP contribution in [0.4, 0.5) is 5.13 Å². The monoisotopic (exact) mass is 314 g/mol. The van der Waals surface area contributed by atoms with E-state index in [1.165, 1.54) is 25.4 Å². The third kappa shape index (κ3) is 5.81. The van der Waals surface area contributed by atoms with E-state index in [9.17, 15) is 9.59 Å². The molecule has 0 aliphatic heterocycles. The van der Waals surface area contributed by atoms with E-state index in [0.717, 1.165) is 19.4 Å². The lowest BCUT2D eigenvalue weighted by Crippen LogP contribution is -2.08. The molecule has 0 radical (unpaired) electrons. The summed E-state index contributed by atoms with van der Waals surface area (Å²) in [5, 5.41) is 3.68. The summed E-state index contributed by atoms with van der Waals surface area (Å²) in [5.41, 5.74) is 0.0839. The van der Waals surface area contributed by atoms with Crippen LogP contribution in [-0.4, -0.2) is 43.1 Å². The van der Waals surface area contributed by atoms with E-state index in [-0.39, 0.29) is 17.6 Å². The molecule has 0 aliphatic carbocycles. The first-order chi connectivity index (χ1) is 9.95. The van der Waals surface area contributed by atoms with Crippen molar-refractivity contribution in [3.05, 3.63) is 10.6 Å². The van der Waals surface area contributed by atoms with Crippen LogP contribution in [-0.2, 0) is 9.47 Å². The molecule has 1 aromatic heterocycles. The quantitative estimate of drug-likeness (QED) is 0.429. The van der Waals surface area contributed by atoms with Crippen molar-refractivity contribution in [3.63, 3.8) is 0 Å². The summed E-state index contributed by atoms with van der Waals surface area (Å²) < 4.78 is 10.1. The highest BCUT2D eigenvalue weighted by atomic mass is 32.1. The second-order valence-electron chi connectivity index (χ2n) is 4.80. The molecule has 1 N–H and O–H groups in total. The Labute approximate surface area is 128 Å². The number of rotatable bonds is 9. The summed E-state index contributed by atoms with van der Waals surface area (Å²) in [6, 6.07) is 0. The van der Waals surface area contributed by atoms with E-state index < -0.39 is 5.97 Å². The number of aromatic nitrogens is 1. The molecule has 1 heterocycles. The fraction of sp³-hybridized carbons (Fsp3) is 0.643. The molecule has 0 aliphatic rings. The molecular weight excluding hydrogens is 292 g/mol. The van der Waals surface area contributed by atoms with Gasteiger partial charge in [-0.2, -0.15) is 0 Å². The van der Waals surface area contributed by atoms with Gasteiger partial charge in [-0.25, -0.2) is 9.78 Å². The minimum absolute atomic E-state index is 0.0839. The average Bonchev–Trinajstić information content (AvgIpc) is 2.86. The normalized spacial score (nSPS) is 10.7. The van der Waals surface area contributed by atoms with Crippen LogP contribution in [0.1, 0.15) is 53.8 Å². The number of esters is 1. The maximum Gasteiger partial charge on any atom is 0.358 e. The van der Waals surface area contributed by atoms with Gasteiger partial charge in [-0.1, -0.05) is 11.3 Å². The van der Waals surface area contributed by atoms with Crippen LogP contribution < -0.4 is 5.32 Å². The third-order valence-electron chi connectivity index (χ3n) is 2.62. The van der Waals surface area contributed by atoms with Gasteiger partial charge >= 0.3 is 5.97 Å². The Morgan fingerprint density at radius 2 is 2.05 bits per heavy atom. The van der Waals surface area contributed by atoms with Crippen LogP contribution in [0.2, 0.25) is 0 Å². The number of thiazole rings is 1. The van der Waals surface area contributed by atoms with Gasteiger partial charge in [0.25, 0.3) is 0 Å². The Morgan fingerprint density at radius 1 is 1.33 bits per heavy atom. The number of ketones is 1. The molecule has 118 valence electrons. The Bertz CT molecular complexity index is 485. The number of hydrogen-bond donors (Lipinski definition) is 1. The number of hydrogen-bond acceptors (Lipinski definition) is 7. The van der Waals surface area contributed by atoms with Crippen molar-refractivity contribution in [1.29, 1.82) is 0 Å². The van der Waals surface area contributed by atoms with Crippen LogP contribution in [0.3, 0.4) is 0 Å². The van der Waals surface area contributed by atoms with Gasteiger partial charge in [-0.05, 0) is 26.7 Å². The summed E-state index contributed by atoms with van der Waals surface area (Å²) in [6.07, 6.45) is 2.12. The first kappa shape index (κ1) is 17.6. The first-order valence-electron chi connectivity index (χ1n) is 6.91. The molecule has 0 atom stereocenters. The van der Waals surface area contributed by atoms with E-state index in [0.29, 0.717) is 16.6 Å². The highest BCUT2D eigenvalue weighted by Crippen LogP contribution is 2.24. The van der Waals surface area contributed by atoms with Crippen LogP contribution in [0.25, 0.3) is 0 Å². The average molecular weight is 314 g/mol. The molecule has 0 unspecified atom stereocenters. The number of carbonyl (C=O) groups is 2. The number of ether oxygens (including phenoxy) is 2. The number of nitrogens with zero attached hydrogens (tertiary/aromatic N) is 1. The molecule has 0 amide bonds. The van der Waals surface area contributed by atoms with Gasteiger partial charge in [-0.15, -0.1) is 0 Å². The van der Waals surface area contributed by atoms with E-state index in [4.69, 9.17) is 4.74 Å². The van der Waals surface area contributed by atoms with Crippen molar-refractivity contribution < 1.29 is 19.1 Å². The second kappa shape index (κ2) is 8.74. The van der Waals surface area contributed by atoms with Crippen LogP contribution in [0.15, 0.2) is 0 Å². The Morgan fingerprint density at radius 3 is 2.62 bits per heavy atom. The largest absolute Gasteiger partial charge is 0.464 e. The summed E-state index contributed by atoms with van der Waals surface area (Å²) in [4.78, 5) is 27.5. The predicted octanol–water partition coefficient (Wildman–Crippen LogP) is 2.75. The summed E-state index contributed by atoms with van der Waals surface area (Å²) in [7, 11) is 1.27. The SMILES string of the molecule is COC(=O)c1nc(NCCCCOC(C)C)sc1C(C)=O. The minimum Gasteiger partial charge on any atom is -0.464 e. The molecular formula is C14H22N2O4S. The smallest absolute Gasteiger partial charge is 0.358 e. The zero-order valence-electron chi connectivity index (χ0n) is 12.9. The van der Waals surface area contributed by atoms with Crippen LogP contribution in [0.5, 0.6) is 0 Å². The Balaban J connectivity index is 2.49. The maximum absolute atomic E-state index is 11.6. The molecule has 1 rings (SSSR count). The highest BCUT2D eigenvalue weighted by molar-refractivity contribution is 7.17. The molecule has 7 heteroatoms. The van der Waals surface area contributed by atoms with Crippen molar-refractivity contribution in [2.45, 2.75) is 39.7 Å². The fourth-order valence-electron chi connectivity index (χ4n) is 1.61. The fourth-order valence-corrected chi connectivity index (χ4v) is 2.48. The molecule has 0 aromatic carbocycles. The lowest BCUT2D eigenvalue weighted by Gasteiger charge is -2.07. The van der Waals surface area contributed by atoms with E-state index in [2.05, 4.69) is 15.0 Å². The minimum atomic E-state index is -0.588. The topological polar surface area (TPSA) is 77.5 Å². The summed E-state index contributed by atoms with van der Waals surface area (Å²) in [6.45, 7) is 6.86. The standard InChI is InChI=1S/C14H22N2O4S/c1-9(2)20-8-6-5-7-15-14-16-11(13(18)19-4)12(21-14)10(3)17/h9H,5-8H2,1-4H3,(H,15,16). The number of unbranched alkanes of at least 4 members (excludes halogenated alkanes) is 1. The number of carbonyl (C=O) groups excluding carboxylic acids is 2. The second-order valence-corrected chi connectivity index (χ2v) is 5.80. The zero-order valence-corrected chi connectivity index (χ0v) is 13.7. The van der Waals surface area contributed by atoms with E-state index >= 15 is 0 Å². The van der Waals surface area contributed by atoms with Gasteiger partial charge in [0.15, 0.2) is 16.6 Å². The van der Waals surface area contributed by atoms with Crippen molar-refractivity contribution in [3.8, 4) is 0 Å². The molecule has 6 nitrogen and oxygen atoms in total. The Hall–Kier alpha value is -1.47. The third-order valence-corrected chi connectivity index (χ3v) is 3.74.